The Labute approximate surface area is 215 Å². The highest BCUT2D eigenvalue weighted by Gasteiger charge is 2.46. The summed E-state index contributed by atoms with van der Waals surface area (Å²) in [6, 6.07) is 24.6. The molecule has 3 N–H and O–H groups in total. The molecule has 3 amide bonds. The van der Waals surface area contributed by atoms with Crippen LogP contribution in [0.3, 0.4) is 0 Å². The zero-order valence-corrected chi connectivity index (χ0v) is 20.8. The van der Waals surface area contributed by atoms with E-state index in [0.717, 1.165) is 28.8 Å². The van der Waals surface area contributed by atoms with Gasteiger partial charge in [0.25, 0.3) is 5.91 Å². The van der Waals surface area contributed by atoms with Crippen LogP contribution in [0.15, 0.2) is 83.9 Å². The number of hydrogen-bond donors (Lipinski definition) is 2. The molecule has 2 atom stereocenters. The summed E-state index contributed by atoms with van der Waals surface area (Å²) in [5.41, 5.74) is 8.60. The largest absolute Gasteiger partial charge is 0.369 e. The van der Waals surface area contributed by atoms with E-state index < -0.39 is 5.54 Å². The van der Waals surface area contributed by atoms with Crippen molar-refractivity contribution in [3.05, 3.63) is 89.4 Å². The van der Waals surface area contributed by atoms with Crippen LogP contribution >= 0.6 is 11.6 Å². The van der Waals surface area contributed by atoms with E-state index in [2.05, 4.69) is 10.3 Å². The predicted molar refractivity (Wildman–Crippen MR) is 143 cm³/mol. The third kappa shape index (κ3) is 4.66. The highest BCUT2D eigenvalue weighted by Crippen LogP contribution is 2.36. The van der Waals surface area contributed by atoms with Crippen LogP contribution in [0, 0.1) is 5.92 Å². The third-order valence-corrected chi connectivity index (χ3v) is 7.13. The van der Waals surface area contributed by atoms with Crippen molar-refractivity contribution in [3.8, 4) is 11.1 Å². The molecule has 2 heterocycles. The molecule has 3 aromatic carbocycles. The molecule has 2 aliphatic rings. The van der Waals surface area contributed by atoms with E-state index in [1.807, 2.05) is 78.9 Å². The molecule has 0 bridgehead atoms. The molecular formula is C28H28ClN5O2. The summed E-state index contributed by atoms with van der Waals surface area (Å²) < 4.78 is 0. The minimum Gasteiger partial charge on any atom is -0.369 e. The quantitative estimate of drug-likeness (QED) is 0.519. The lowest BCUT2D eigenvalue weighted by Gasteiger charge is -2.25. The first kappa shape index (κ1) is 23.9. The van der Waals surface area contributed by atoms with E-state index in [0.29, 0.717) is 24.7 Å². The average molecular weight is 502 g/mol. The van der Waals surface area contributed by atoms with Gasteiger partial charge in [-0.3, -0.25) is 9.69 Å². The van der Waals surface area contributed by atoms with Crippen LogP contribution in [0.1, 0.15) is 18.9 Å². The molecule has 36 heavy (non-hydrogen) atoms. The lowest BCUT2D eigenvalue weighted by atomic mass is 9.89. The molecule has 7 nitrogen and oxygen atoms in total. The topological polar surface area (TPSA) is 91.0 Å². The summed E-state index contributed by atoms with van der Waals surface area (Å²) in [7, 11) is 0. The Morgan fingerprint density at radius 1 is 1.08 bits per heavy atom. The van der Waals surface area contributed by atoms with Crippen LogP contribution in [0.4, 0.5) is 10.5 Å². The highest BCUT2D eigenvalue weighted by molar-refractivity contribution is 6.30. The van der Waals surface area contributed by atoms with Gasteiger partial charge in [0.05, 0.1) is 0 Å². The van der Waals surface area contributed by atoms with Crippen LogP contribution < -0.4 is 11.1 Å². The van der Waals surface area contributed by atoms with Crippen molar-refractivity contribution in [1.29, 1.82) is 0 Å². The predicted octanol–water partition coefficient (Wildman–Crippen LogP) is 4.93. The van der Waals surface area contributed by atoms with Gasteiger partial charge in [-0.1, -0.05) is 60.1 Å². The Hall–Kier alpha value is -3.84. The molecule has 3 aromatic rings. The van der Waals surface area contributed by atoms with Crippen LogP contribution in [-0.2, 0) is 10.3 Å². The highest BCUT2D eigenvalue weighted by atomic mass is 35.5. The molecule has 0 spiro atoms. The second-order valence-electron chi connectivity index (χ2n) is 9.45. The zero-order chi connectivity index (χ0) is 25.3. The Bertz CT molecular complexity index is 1330. The SMILES string of the molecule is CC1(c2cccc(-c3cccc(Cl)c3)c2)N=C(N)N(C[C@@H]2CCN(C(=O)Nc3ccccc3)C2)C1=O. The van der Waals surface area contributed by atoms with Gasteiger partial charge in [0.1, 0.15) is 0 Å². The number of nitrogens with zero attached hydrogens (tertiary/aromatic N) is 3. The lowest BCUT2D eigenvalue weighted by Crippen LogP contribution is -2.45. The number of benzene rings is 3. The first-order chi connectivity index (χ1) is 17.3. The monoisotopic (exact) mass is 501 g/mol. The van der Waals surface area contributed by atoms with Crippen LogP contribution in [-0.4, -0.2) is 47.3 Å². The van der Waals surface area contributed by atoms with Crippen molar-refractivity contribution in [2.45, 2.75) is 18.9 Å². The third-order valence-electron chi connectivity index (χ3n) is 6.90. The molecule has 1 fully saturated rings. The van der Waals surface area contributed by atoms with Crippen LogP contribution in [0.5, 0.6) is 0 Å². The Morgan fingerprint density at radius 2 is 1.81 bits per heavy atom. The molecule has 0 radical (unpaired) electrons. The minimum absolute atomic E-state index is 0.115. The summed E-state index contributed by atoms with van der Waals surface area (Å²) in [4.78, 5) is 34.2. The number of carbonyl (C=O) groups is 2. The van der Waals surface area contributed by atoms with Gasteiger partial charge >= 0.3 is 6.03 Å². The summed E-state index contributed by atoms with van der Waals surface area (Å²) in [6.07, 6.45) is 0.792. The van der Waals surface area contributed by atoms with Crippen molar-refractivity contribution in [2.75, 3.05) is 25.0 Å². The number of halogens is 1. The second-order valence-corrected chi connectivity index (χ2v) is 9.88. The number of nitrogens with two attached hydrogens (primary N) is 1. The van der Waals surface area contributed by atoms with Crippen LogP contribution in [0.2, 0.25) is 5.02 Å². The molecular weight excluding hydrogens is 474 g/mol. The van der Waals surface area contributed by atoms with Gasteiger partial charge in [-0.2, -0.15) is 0 Å². The van der Waals surface area contributed by atoms with Crippen molar-refractivity contribution < 1.29 is 9.59 Å². The van der Waals surface area contributed by atoms with E-state index in [9.17, 15) is 9.59 Å². The smallest absolute Gasteiger partial charge is 0.321 e. The number of anilines is 1. The number of guanidine groups is 1. The Balaban J connectivity index is 1.27. The van der Waals surface area contributed by atoms with Gasteiger partial charge in [-0.05, 0) is 66.3 Å². The minimum atomic E-state index is -1.11. The summed E-state index contributed by atoms with van der Waals surface area (Å²) >= 11 is 6.17. The molecule has 2 aliphatic heterocycles. The zero-order valence-electron chi connectivity index (χ0n) is 20.0. The van der Waals surface area contributed by atoms with E-state index in [4.69, 9.17) is 17.3 Å². The normalized spacial score (nSPS) is 21.6. The number of rotatable bonds is 5. The number of nitrogens with one attached hydrogen (secondary N) is 1. The second kappa shape index (κ2) is 9.66. The number of carbonyl (C=O) groups excluding carboxylic acids is 2. The van der Waals surface area contributed by atoms with Gasteiger partial charge in [0.2, 0.25) is 0 Å². The van der Waals surface area contributed by atoms with E-state index in [1.165, 1.54) is 0 Å². The van der Waals surface area contributed by atoms with Crippen molar-refractivity contribution in [1.82, 2.24) is 9.80 Å². The molecule has 1 saturated heterocycles. The summed E-state index contributed by atoms with van der Waals surface area (Å²) in [5, 5.41) is 3.57. The fourth-order valence-electron chi connectivity index (χ4n) is 4.89. The standard InChI is InChI=1S/C28H28ClN5O2/c1-28(22-9-5-7-20(15-22)21-8-6-10-23(29)16-21)25(35)34(26(30)32-28)18-19-13-14-33(17-19)27(36)31-24-11-3-2-4-12-24/h2-12,15-16,19H,13-14,17-18H2,1H3,(H2,30,32)(H,31,36)/t19-,28?/m1/s1. The van der Waals surface area contributed by atoms with Crippen molar-refractivity contribution >= 4 is 35.2 Å². The summed E-state index contributed by atoms with van der Waals surface area (Å²) in [5.74, 6) is 0.169. The Kier molecular flexibility index (Phi) is 6.41. The van der Waals surface area contributed by atoms with Crippen molar-refractivity contribution in [2.24, 2.45) is 16.6 Å². The fourth-order valence-corrected chi connectivity index (χ4v) is 5.08. The number of aliphatic imine (C=N–C) groups is 1. The van der Waals surface area contributed by atoms with Gasteiger partial charge in [-0.15, -0.1) is 0 Å². The fraction of sp³-hybridized carbons (Fsp3) is 0.250. The molecule has 1 unspecified atom stereocenters. The van der Waals surface area contributed by atoms with Gasteiger partial charge in [0.15, 0.2) is 11.5 Å². The number of amides is 3. The molecule has 0 saturated carbocycles. The first-order valence-corrected chi connectivity index (χ1v) is 12.4. The van der Waals surface area contributed by atoms with Crippen LogP contribution in [0.25, 0.3) is 11.1 Å². The number of likely N-dealkylation sites (tertiary alicyclic amines) is 1. The summed E-state index contributed by atoms with van der Waals surface area (Å²) in [6.45, 7) is 3.40. The van der Waals surface area contributed by atoms with Gasteiger partial charge in [0, 0.05) is 30.3 Å². The molecule has 0 aliphatic carbocycles. The van der Waals surface area contributed by atoms with E-state index in [-0.39, 0.29) is 23.8 Å². The maximum absolute atomic E-state index is 13.6. The molecule has 0 aromatic heterocycles. The van der Waals surface area contributed by atoms with E-state index >= 15 is 0 Å². The van der Waals surface area contributed by atoms with Gasteiger partial charge < -0.3 is 16.0 Å². The average Bonchev–Trinajstić information content (AvgIpc) is 3.44. The maximum Gasteiger partial charge on any atom is 0.321 e. The Morgan fingerprint density at radius 3 is 2.56 bits per heavy atom. The lowest BCUT2D eigenvalue weighted by molar-refractivity contribution is -0.131. The molecule has 8 heteroatoms. The molecule has 5 rings (SSSR count). The van der Waals surface area contributed by atoms with Gasteiger partial charge in [-0.25, -0.2) is 9.79 Å². The van der Waals surface area contributed by atoms with Crippen molar-refractivity contribution in [3.63, 3.8) is 0 Å². The van der Waals surface area contributed by atoms with E-state index in [1.54, 1.807) is 16.7 Å². The first-order valence-electron chi connectivity index (χ1n) is 12.0. The number of para-hydroxylation sites is 1. The molecule has 184 valence electrons. The number of hydrogen-bond acceptors (Lipinski definition) is 4. The maximum atomic E-state index is 13.6. The number of urea groups is 1.